The van der Waals surface area contributed by atoms with Gasteiger partial charge in [-0.25, -0.2) is 4.79 Å². The van der Waals surface area contributed by atoms with Crippen molar-refractivity contribution in [1.29, 1.82) is 0 Å². The number of carboxylic acids is 1. The third kappa shape index (κ3) is 4.59. The second-order valence-corrected chi connectivity index (χ2v) is 7.77. The molecule has 3 aromatic carbocycles. The van der Waals surface area contributed by atoms with Gasteiger partial charge in [0.2, 0.25) is 0 Å². The molecule has 0 saturated heterocycles. The first-order valence-electron chi connectivity index (χ1n) is 10.5. The van der Waals surface area contributed by atoms with E-state index < -0.39 is 18.0 Å². The zero-order valence-corrected chi connectivity index (χ0v) is 17.7. The molecule has 1 amide bonds. The zero-order valence-electron chi connectivity index (χ0n) is 17.7. The molecule has 0 saturated carbocycles. The summed E-state index contributed by atoms with van der Waals surface area (Å²) >= 11 is 0. The van der Waals surface area contributed by atoms with Crippen LogP contribution in [0.1, 0.15) is 22.6 Å². The Hall–Kier alpha value is -3.80. The van der Waals surface area contributed by atoms with Gasteiger partial charge in [-0.05, 0) is 46.4 Å². The quantitative estimate of drug-likeness (QED) is 0.593. The summed E-state index contributed by atoms with van der Waals surface area (Å²) in [6.07, 6.45) is -0.413. The number of carbonyl (C=O) groups excluding carboxylic acids is 2. The Bertz CT molecular complexity index is 1060. The second-order valence-electron chi connectivity index (χ2n) is 7.77. The molecule has 0 radical (unpaired) electrons. The number of methoxy groups -OCH3 is 1. The fraction of sp³-hybridized carbons (Fsp3) is 0.231. The molecule has 0 unspecified atom stereocenters. The molecule has 0 aromatic heterocycles. The summed E-state index contributed by atoms with van der Waals surface area (Å²) in [5.74, 6) is -1.46. The highest BCUT2D eigenvalue weighted by Crippen LogP contribution is 2.44. The van der Waals surface area contributed by atoms with Crippen LogP contribution in [0.2, 0.25) is 0 Å². The molecule has 1 aliphatic carbocycles. The van der Waals surface area contributed by atoms with Crippen molar-refractivity contribution in [2.75, 3.05) is 20.3 Å². The Morgan fingerprint density at radius 2 is 1.53 bits per heavy atom. The Balaban J connectivity index is 1.35. The standard InChI is InChI=1S/C26H25NO5/c1-31-19-12-10-17(11-13-19)14-18(25(28)29)15-27-26(30)32-16-24-22-8-4-2-6-20(22)21-7-3-5-9-23(21)24/h2-13,18,24H,14-16H2,1H3,(H,27,30)(H,28,29)/p-1/t18-/m0/s1. The number of nitrogens with one attached hydrogen (secondary N) is 1. The minimum Gasteiger partial charge on any atom is -0.550 e. The average Bonchev–Trinajstić information content (AvgIpc) is 3.14. The molecule has 0 spiro atoms. The van der Waals surface area contributed by atoms with Gasteiger partial charge in [-0.1, -0.05) is 60.7 Å². The van der Waals surface area contributed by atoms with E-state index in [9.17, 15) is 14.7 Å². The second kappa shape index (κ2) is 9.56. The number of rotatable bonds is 8. The molecular weight excluding hydrogens is 406 g/mol. The lowest BCUT2D eigenvalue weighted by molar-refractivity contribution is -0.311. The first-order valence-corrected chi connectivity index (χ1v) is 10.5. The van der Waals surface area contributed by atoms with Crippen molar-refractivity contribution in [2.45, 2.75) is 12.3 Å². The van der Waals surface area contributed by atoms with E-state index in [1.54, 1.807) is 31.4 Å². The van der Waals surface area contributed by atoms with Gasteiger partial charge in [0.1, 0.15) is 12.4 Å². The number of hydrogen-bond acceptors (Lipinski definition) is 5. The molecule has 6 nitrogen and oxygen atoms in total. The largest absolute Gasteiger partial charge is 0.550 e. The molecule has 3 aromatic rings. The SMILES string of the molecule is COc1ccc(C[C@@H](CNC(=O)OCC2c3ccccc3-c3ccccc32)C(=O)[O-])cc1. The molecular formula is C26H24NO5-. The summed E-state index contributed by atoms with van der Waals surface area (Å²) in [6, 6.07) is 23.3. The van der Waals surface area contributed by atoms with Gasteiger partial charge in [0.05, 0.1) is 7.11 Å². The molecule has 32 heavy (non-hydrogen) atoms. The minimum atomic E-state index is -1.22. The van der Waals surface area contributed by atoms with Crippen LogP contribution in [-0.4, -0.2) is 32.3 Å². The number of ether oxygens (including phenoxy) is 2. The van der Waals surface area contributed by atoms with E-state index in [4.69, 9.17) is 9.47 Å². The van der Waals surface area contributed by atoms with Crippen LogP contribution in [0, 0.1) is 5.92 Å². The van der Waals surface area contributed by atoms with E-state index in [-0.39, 0.29) is 25.5 Å². The molecule has 0 aliphatic heterocycles. The fourth-order valence-corrected chi connectivity index (χ4v) is 4.14. The zero-order chi connectivity index (χ0) is 22.5. The number of benzene rings is 3. The number of aliphatic carboxylic acids is 1. The summed E-state index contributed by atoms with van der Waals surface area (Å²) in [5.41, 5.74) is 5.35. The van der Waals surface area contributed by atoms with E-state index in [0.717, 1.165) is 27.8 Å². The van der Waals surface area contributed by atoms with Gasteiger partial charge in [-0.15, -0.1) is 0 Å². The maximum atomic E-state index is 12.3. The van der Waals surface area contributed by atoms with Gasteiger partial charge in [0.15, 0.2) is 0 Å². The van der Waals surface area contributed by atoms with Crippen molar-refractivity contribution in [1.82, 2.24) is 5.32 Å². The van der Waals surface area contributed by atoms with Crippen LogP contribution in [-0.2, 0) is 16.0 Å². The van der Waals surface area contributed by atoms with Crippen LogP contribution in [0.25, 0.3) is 11.1 Å². The van der Waals surface area contributed by atoms with Gasteiger partial charge in [0.25, 0.3) is 0 Å². The van der Waals surface area contributed by atoms with Gasteiger partial charge in [0, 0.05) is 24.3 Å². The minimum absolute atomic E-state index is 0.0515. The van der Waals surface area contributed by atoms with E-state index in [1.165, 1.54) is 0 Å². The summed E-state index contributed by atoms with van der Waals surface area (Å²) in [5, 5.41) is 14.1. The van der Waals surface area contributed by atoms with Crippen molar-refractivity contribution in [3.8, 4) is 16.9 Å². The highest BCUT2D eigenvalue weighted by molar-refractivity contribution is 5.79. The fourth-order valence-electron chi connectivity index (χ4n) is 4.14. The summed E-state index contributed by atoms with van der Waals surface area (Å²) in [6.45, 7) is 0.0966. The normalized spacial score (nSPS) is 13.0. The van der Waals surface area contributed by atoms with Gasteiger partial charge in [-0.3, -0.25) is 0 Å². The number of hydrogen-bond donors (Lipinski definition) is 1. The van der Waals surface area contributed by atoms with Crippen LogP contribution >= 0.6 is 0 Å². The Morgan fingerprint density at radius 1 is 0.938 bits per heavy atom. The van der Waals surface area contributed by atoms with Crippen molar-refractivity contribution >= 4 is 12.1 Å². The van der Waals surface area contributed by atoms with Crippen LogP contribution in [0.15, 0.2) is 72.8 Å². The number of fused-ring (bicyclic) bond motifs is 3. The lowest BCUT2D eigenvalue weighted by Gasteiger charge is -2.19. The Morgan fingerprint density at radius 3 is 2.09 bits per heavy atom. The summed E-state index contributed by atoms with van der Waals surface area (Å²) in [4.78, 5) is 23.9. The van der Waals surface area contributed by atoms with Crippen molar-refractivity contribution in [2.24, 2.45) is 5.92 Å². The van der Waals surface area contributed by atoms with Crippen molar-refractivity contribution in [3.63, 3.8) is 0 Å². The van der Waals surface area contributed by atoms with E-state index in [2.05, 4.69) is 17.4 Å². The number of carbonyl (C=O) groups is 2. The lowest BCUT2D eigenvalue weighted by Crippen LogP contribution is -2.41. The van der Waals surface area contributed by atoms with Crippen LogP contribution in [0.5, 0.6) is 5.75 Å². The van der Waals surface area contributed by atoms with Crippen molar-refractivity contribution in [3.05, 3.63) is 89.5 Å². The predicted molar refractivity (Wildman–Crippen MR) is 118 cm³/mol. The number of amides is 1. The first kappa shape index (κ1) is 21.4. The Labute approximate surface area is 186 Å². The molecule has 0 heterocycles. The first-order chi connectivity index (χ1) is 15.6. The monoisotopic (exact) mass is 430 g/mol. The van der Waals surface area contributed by atoms with Crippen LogP contribution in [0.4, 0.5) is 4.79 Å². The highest BCUT2D eigenvalue weighted by Gasteiger charge is 2.29. The van der Waals surface area contributed by atoms with E-state index in [0.29, 0.717) is 5.75 Å². The van der Waals surface area contributed by atoms with Gasteiger partial charge < -0.3 is 24.7 Å². The van der Waals surface area contributed by atoms with E-state index in [1.807, 2.05) is 36.4 Å². The summed E-state index contributed by atoms with van der Waals surface area (Å²) in [7, 11) is 1.57. The van der Waals surface area contributed by atoms with Crippen LogP contribution in [0.3, 0.4) is 0 Å². The topological polar surface area (TPSA) is 87.7 Å². The van der Waals surface area contributed by atoms with Gasteiger partial charge >= 0.3 is 6.09 Å². The van der Waals surface area contributed by atoms with Crippen molar-refractivity contribution < 1.29 is 24.2 Å². The molecule has 4 rings (SSSR count). The molecule has 164 valence electrons. The molecule has 1 atom stereocenters. The molecule has 1 N–H and O–H groups in total. The highest BCUT2D eigenvalue weighted by atomic mass is 16.5. The number of carboxylic acid groups (broad SMARTS) is 1. The summed E-state index contributed by atoms with van der Waals surface area (Å²) < 4.78 is 10.6. The predicted octanol–water partition coefficient (Wildman–Crippen LogP) is 3.14. The smallest absolute Gasteiger partial charge is 0.407 e. The Kier molecular flexibility index (Phi) is 6.40. The molecule has 1 aliphatic rings. The van der Waals surface area contributed by atoms with Crippen LogP contribution < -0.4 is 15.2 Å². The lowest BCUT2D eigenvalue weighted by atomic mass is 9.98. The molecule has 0 bridgehead atoms. The maximum Gasteiger partial charge on any atom is 0.407 e. The number of alkyl carbamates (subject to hydrolysis) is 1. The molecule has 6 heteroatoms. The van der Waals surface area contributed by atoms with Gasteiger partial charge in [-0.2, -0.15) is 0 Å². The third-order valence-corrected chi connectivity index (χ3v) is 5.81. The van der Waals surface area contributed by atoms with E-state index >= 15 is 0 Å². The average molecular weight is 430 g/mol. The maximum absolute atomic E-state index is 12.3. The third-order valence-electron chi connectivity index (χ3n) is 5.81. The molecule has 0 fully saturated rings.